The van der Waals surface area contributed by atoms with Crippen LogP contribution in [0.2, 0.25) is 0 Å². The molecular weight excluding hydrogens is 492 g/mol. The molecule has 4 aromatic rings. The molecule has 0 radical (unpaired) electrons. The van der Waals surface area contributed by atoms with Crippen LogP contribution in [0.3, 0.4) is 0 Å². The number of benzene rings is 2. The van der Waals surface area contributed by atoms with E-state index in [1.807, 2.05) is 18.2 Å². The molecule has 2 aromatic carbocycles. The van der Waals surface area contributed by atoms with E-state index in [2.05, 4.69) is 9.71 Å². The molecule has 10 heteroatoms. The second-order valence-corrected chi connectivity index (χ2v) is 10.7. The van der Waals surface area contributed by atoms with Gasteiger partial charge in [0, 0.05) is 42.8 Å². The minimum atomic E-state index is -4.49. The molecule has 1 fully saturated rings. The molecule has 0 saturated carbocycles. The first-order valence-corrected chi connectivity index (χ1v) is 13.3. The normalized spacial score (nSPS) is 14.7. The van der Waals surface area contributed by atoms with Gasteiger partial charge in [0.25, 0.3) is 10.0 Å². The van der Waals surface area contributed by atoms with Gasteiger partial charge >= 0.3 is 0 Å². The lowest BCUT2D eigenvalue weighted by molar-refractivity contribution is 0.0853. The Hall–Kier alpha value is -3.21. The number of hydrogen-bond donors (Lipinski definition) is 1. The molecule has 0 amide bonds. The van der Waals surface area contributed by atoms with Crippen molar-refractivity contribution < 1.29 is 21.9 Å². The van der Waals surface area contributed by atoms with Gasteiger partial charge in [0.1, 0.15) is 11.6 Å². The van der Waals surface area contributed by atoms with Crippen molar-refractivity contribution in [2.75, 3.05) is 17.9 Å². The van der Waals surface area contributed by atoms with Crippen LogP contribution in [-0.2, 0) is 14.8 Å². The fourth-order valence-electron chi connectivity index (χ4n) is 4.03. The van der Waals surface area contributed by atoms with Crippen molar-refractivity contribution in [2.45, 2.75) is 23.7 Å². The highest BCUT2D eigenvalue weighted by atomic mass is 32.2. The summed E-state index contributed by atoms with van der Waals surface area (Å²) in [5, 5.41) is 0.995. The van der Waals surface area contributed by atoms with Gasteiger partial charge in [-0.1, -0.05) is 18.2 Å². The zero-order chi connectivity index (χ0) is 24.4. The molecule has 180 valence electrons. The van der Waals surface area contributed by atoms with Crippen molar-refractivity contribution in [3.05, 3.63) is 83.6 Å². The topological polar surface area (TPSA) is 81.2 Å². The van der Waals surface area contributed by atoms with Gasteiger partial charge in [-0.15, -0.1) is 11.3 Å². The molecule has 0 spiro atoms. The number of ether oxygens (including phenoxy) is 1. The van der Waals surface area contributed by atoms with Crippen molar-refractivity contribution in [1.82, 2.24) is 9.97 Å². The number of thiazole rings is 1. The Bertz CT molecular complexity index is 1430. The van der Waals surface area contributed by atoms with E-state index in [9.17, 15) is 17.2 Å². The third-order valence-corrected chi connectivity index (χ3v) is 8.43. The van der Waals surface area contributed by atoms with Crippen LogP contribution in [0.4, 0.5) is 14.5 Å². The average Bonchev–Trinajstić information content (AvgIpc) is 3.30. The molecule has 3 heterocycles. The van der Waals surface area contributed by atoms with Crippen LogP contribution in [0.5, 0.6) is 0 Å². The van der Waals surface area contributed by atoms with Crippen molar-refractivity contribution in [3.8, 4) is 21.7 Å². The highest BCUT2D eigenvalue weighted by molar-refractivity contribution is 7.92. The summed E-state index contributed by atoms with van der Waals surface area (Å²) >= 11 is 1.60. The fraction of sp³-hybridized carbons (Fsp3) is 0.200. The monoisotopic (exact) mass is 513 g/mol. The third-order valence-electron chi connectivity index (χ3n) is 5.73. The first-order valence-electron chi connectivity index (χ1n) is 11.0. The highest BCUT2D eigenvalue weighted by Gasteiger charge is 2.25. The van der Waals surface area contributed by atoms with Crippen LogP contribution in [0.1, 0.15) is 23.8 Å². The van der Waals surface area contributed by atoms with E-state index in [1.165, 1.54) is 6.07 Å². The Kier molecular flexibility index (Phi) is 6.59. The summed E-state index contributed by atoms with van der Waals surface area (Å²) in [7, 11) is -4.49. The molecular formula is C25H21F2N3O3S2. The van der Waals surface area contributed by atoms with E-state index in [0.717, 1.165) is 46.5 Å². The molecule has 5 rings (SSSR count). The molecule has 1 N–H and O–H groups in total. The summed E-state index contributed by atoms with van der Waals surface area (Å²) in [4.78, 5) is 8.97. The number of hydrogen-bond acceptors (Lipinski definition) is 6. The number of halogens is 2. The number of rotatable bonds is 6. The zero-order valence-corrected chi connectivity index (χ0v) is 20.1. The van der Waals surface area contributed by atoms with Gasteiger partial charge in [0.05, 0.1) is 15.6 Å². The Balaban J connectivity index is 1.54. The summed E-state index contributed by atoms with van der Waals surface area (Å²) in [5.41, 5.74) is 2.51. The van der Waals surface area contributed by atoms with Crippen LogP contribution in [0.25, 0.3) is 21.7 Å². The van der Waals surface area contributed by atoms with E-state index in [1.54, 1.807) is 35.9 Å². The number of sulfonamides is 1. The summed E-state index contributed by atoms with van der Waals surface area (Å²) in [5.74, 6) is -2.03. The molecule has 1 aliphatic rings. The number of anilines is 1. The highest BCUT2D eigenvalue weighted by Crippen LogP contribution is 2.41. The molecule has 0 aliphatic carbocycles. The maximum Gasteiger partial charge on any atom is 0.267 e. The Morgan fingerprint density at radius 1 is 0.943 bits per heavy atom. The minimum Gasteiger partial charge on any atom is -0.381 e. The molecule has 2 aromatic heterocycles. The van der Waals surface area contributed by atoms with E-state index in [0.29, 0.717) is 24.5 Å². The number of nitrogens with zero attached hydrogens (tertiary/aromatic N) is 2. The molecule has 35 heavy (non-hydrogen) atoms. The second-order valence-electron chi connectivity index (χ2n) is 8.09. The smallest absolute Gasteiger partial charge is 0.267 e. The Morgan fingerprint density at radius 3 is 2.34 bits per heavy atom. The second kappa shape index (κ2) is 9.80. The lowest BCUT2D eigenvalue weighted by Crippen LogP contribution is -2.16. The summed E-state index contributed by atoms with van der Waals surface area (Å²) < 4.78 is 61.6. The fourth-order valence-corrected chi connectivity index (χ4v) is 6.48. The Morgan fingerprint density at radius 2 is 1.63 bits per heavy atom. The van der Waals surface area contributed by atoms with Crippen LogP contribution in [0.15, 0.2) is 71.9 Å². The standard InChI is InChI=1S/C25H21F2N3O3S2/c26-20-5-2-6-21(27)24(20)35(31,32)30-19-4-1-3-18(15-19)22-23(16-7-11-28-12-8-16)34-25(29-22)17-9-13-33-14-10-17/h1-8,11-12,15,17,30H,9-10,13-14H2. The number of nitrogens with one attached hydrogen (secondary N) is 1. The molecule has 0 atom stereocenters. The van der Waals surface area contributed by atoms with Crippen molar-refractivity contribution >= 4 is 27.0 Å². The van der Waals surface area contributed by atoms with Gasteiger partial charge in [-0.3, -0.25) is 9.71 Å². The molecule has 1 aliphatic heterocycles. The summed E-state index contributed by atoms with van der Waals surface area (Å²) in [6.45, 7) is 1.38. The first-order chi connectivity index (χ1) is 16.9. The van der Waals surface area contributed by atoms with Gasteiger partial charge in [0.2, 0.25) is 0 Å². The number of aromatic nitrogens is 2. The van der Waals surface area contributed by atoms with E-state index in [-0.39, 0.29) is 11.6 Å². The number of pyridine rings is 1. The van der Waals surface area contributed by atoms with Gasteiger partial charge in [-0.2, -0.15) is 0 Å². The van der Waals surface area contributed by atoms with E-state index < -0.39 is 26.6 Å². The largest absolute Gasteiger partial charge is 0.381 e. The predicted molar refractivity (Wildman–Crippen MR) is 131 cm³/mol. The maximum absolute atomic E-state index is 14.1. The SMILES string of the molecule is O=S(=O)(Nc1cccc(-c2nc(C3CCOCC3)sc2-c2ccncc2)c1)c1c(F)cccc1F. The van der Waals surface area contributed by atoms with Gasteiger partial charge in [-0.25, -0.2) is 22.2 Å². The van der Waals surface area contributed by atoms with Crippen molar-refractivity contribution in [1.29, 1.82) is 0 Å². The maximum atomic E-state index is 14.1. The molecule has 1 saturated heterocycles. The average molecular weight is 514 g/mol. The van der Waals surface area contributed by atoms with Gasteiger partial charge < -0.3 is 4.74 Å². The molecule has 0 unspecified atom stereocenters. The quantitative estimate of drug-likeness (QED) is 0.350. The summed E-state index contributed by atoms with van der Waals surface area (Å²) in [6.07, 6.45) is 5.19. The summed E-state index contributed by atoms with van der Waals surface area (Å²) in [6, 6.07) is 13.4. The van der Waals surface area contributed by atoms with Crippen LogP contribution < -0.4 is 4.72 Å². The van der Waals surface area contributed by atoms with Crippen molar-refractivity contribution in [2.24, 2.45) is 0 Å². The van der Waals surface area contributed by atoms with Crippen molar-refractivity contribution in [3.63, 3.8) is 0 Å². The van der Waals surface area contributed by atoms with Gasteiger partial charge in [0.15, 0.2) is 4.90 Å². The lowest BCUT2D eigenvalue weighted by Gasteiger charge is -2.19. The van der Waals surface area contributed by atoms with Crippen LogP contribution in [0, 0.1) is 11.6 Å². The minimum absolute atomic E-state index is 0.173. The molecule has 6 nitrogen and oxygen atoms in total. The Labute approximate surface area is 205 Å². The zero-order valence-electron chi connectivity index (χ0n) is 18.4. The van der Waals surface area contributed by atoms with Gasteiger partial charge in [-0.05, 0) is 54.8 Å². The predicted octanol–water partition coefficient (Wildman–Crippen LogP) is 5.85. The van der Waals surface area contributed by atoms with Crippen LogP contribution >= 0.6 is 11.3 Å². The van der Waals surface area contributed by atoms with Crippen LogP contribution in [-0.4, -0.2) is 31.6 Å². The third kappa shape index (κ3) is 4.95. The van der Waals surface area contributed by atoms with E-state index >= 15 is 0 Å². The van der Waals surface area contributed by atoms with E-state index in [4.69, 9.17) is 9.72 Å². The first kappa shape index (κ1) is 23.5. The molecule has 0 bridgehead atoms. The lowest BCUT2D eigenvalue weighted by atomic mass is 10.0.